The van der Waals surface area contributed by atoms with E-state index in [2.05, 4.69) is 9.72 Å². The van der Waals surface area contributed by atoms with E-state index in [0.29, 0.717) is 17.0 Å². The quantitative estimate of drug-likeness (QED) is 0.635. The van der Waals surface area contributed by atoms with Gasteiger partial charge >= 0.3 is 11.9 Å². The predicted molar refractivity (Wildman–Crippen MR) is 77.9 cm³/mol. The molecule has 2 aromatic heterocycles. The van der Waals surface area contributed by atoms with Crippen LogP contribution >= 0.6 is 11.6 Å². The predicted octanol–water partition coefficient (Wildman–Crippen LogP) is 3.09. The molecule has 22 heavy (non-hydrogen) atoms. The number of aryl methyl sites for hydroxylation is 2. The fraction of sp³-hybridized carbons (Fsp3) is 0.267. The number of furan rings is 1. The number of halogens is 1. The first kappa shape index (κ1) is 16.0. The highest BCUT2D eigenvalue weighted by Gasteiger charge is 2.18. The van der Waals surface area contributed by atoms with Crippen molar-refractivity contribution in [2.45, 2.75) is 20.5 Å². The molecule has 0 saturated heterocycles. The third kappa shape index (κ3) is 3.46. The maximum absolute atomic E-state index is 12.1. The van der Waals surface area contributed by atoms with E-state index < -0.39 is 11.9 Å². The highest BCUT2D eigenvalue weighted by molar-refractivity contribution is 6.32. The number of hydrogen-bond donors (Lipinski definition) is 0. The molecule has 0 amide bonds. The van der Waals surface area contributed by atoms with Gasteiger partial charge < -0.3 is 13.9 Å². The molecule has 0 unspecified atom stereocenters. The fourth-order valence-electron chi connectivity index (χ4n) is 1.91. The minimum atomic E-state index is -0.606. The van der Waals surface area contributed by atoms with E-state index in [0.717, 1.165) is 0 Å². The highest BCUT2D eigenvalue weighted by Crippen LogP contribution is 2.20. The molecule has 0 aromatic carbocycles. The Balaban J connectivity index is 2.07. The first-order valence-electron chi connectivity index (χ1n) is 6.40. The van der Waals surface area contributed by atoms with Crippen molar-refractivity contribution in [3.05, 3.63) is 51.7 Å². The lowest BCUT2D eigenvalue weighted by atomic mass is 10.1. The Hall–Kier alpha value is -2.34. The summed E-state index contributed by atoms with van der Waals surface area (Å²) in [5, 5.41) is 0.0946. The Bertz CT molecular complexity index is 699. The molecule has 7 heteroatoms. The molecule has 0 fully saturated rings. The zero-order valence-corrected chi connectivity index (χ0v) is 13.1. The van der Waals surface area contributed by atoms with Crippen LogP contribution < -0.4 is 0 Å². The first-order chi connectivity index (χ1) is 10.4. The van der Waals surface area contributed by atoms with Gasteiger partial charge in [0.1, 0.15) is 17.5 Å². The smallest absolute Gasteiger partial charge is 0.373 e. The molecular formula is C15H14ClNO5. The van der Waals surface area contributed by atoms with Crippen LogP contribution in [0, 0.1) is 13.8 Å². The summed E-state index contributed by atoms with van der Waals surface area (Å²) in [6.07, 6.45) is 0. The van der Waals surface area contributed by atoms with Crippen LogP contribution in [0.15, 0.2) is 22.6 Å². The Labute approximate surface area is 132 Å². The summed E-state index contributed by atoms with van der Waals surface area (Å²) in [5.41, 5.74) is 1.61. The Kier molecular flexibility index (Phi) is 4.82. The van der Waals surface area contributed by atoms with Crippen molar-refractivity contribution in [3.8, 4) is 0 Å². The van der Waals surface area contributed by atoms with E-state index in [1.807, 2.05) is 0 Å². The van der Waals surface area contributed by atoms with Gasteiger partial charge in [-0.05, 0) is 37.6 Å². The topological polar surface area (TPSA) is 78.6 Å². The van der Waals surface area contributed by atoms with Gasteiger partial charge in [-0.15, -0.1) is 0 Å². The normalized spacial score (nSPS) is 10.4. The van der Waals surface area contributed by atoms with Crippen molar-refractivity contribution in [2.75, 3.05) is 7.11 Å². The number of methoxy groups -OCH3 is 1. The van der Waals surface area contributed by atoms with Crippen molar-refractivity contribution in [1.29, 1.82) is 0 Å². The summed E-state index contributed by atoms with van der Waals surface area (Å²) in [6.45, 7) is 3.41. The van der Waals surface area contributed by atoms with E-state index in [4.69, 9.17) is 20.8 Å². The highest BCUT2D eigenvalue weighted by atomic mass is 35.5. The zero-order valence-electron chi connectivity index (χ0n) is 12.3. The molecule has 0 spiro atoms. The minimum Gasteiger partial charge on any atom is -0.463 e. The lowest BCUT2D eigenvalue weighted by Gasteiger charge is -2.08. The van der Waals surface area contributed by atoms with E-state index in [9.17, 15) is 9.59 Å². The number of nitrogens with zero attached hydrogens (tertiary/aromatic N) is 1. The van der Waals surface area contributed by atoms with Gasteiger partial charge in [0.25, 0.3) is 0 Å². The number of hydrogen-bond acceptors (Lipinski definition) is 6. The average molecular weight is 324 g/mol. The molecule has 0 aliphatic heterocycles. The summed E-state index contributed by atoms with van der Waals surface area (Å²) in [5.74, 6) is -0.840. The van der Waals surface area contributed by atoms with E-state index in [1.54, 1.807) is 19.9 Å². The third-order valence-corrected chi connectivity index (χ3v) is 3.17. The fourth-order valence-corrected chi connectivity index (χ4v) is 2.27. The zero-order chi connectivity index (χ0) is 16.3. The molecule has 2 rings (SSSR count). The molecule has 0 radical (unpaired) electrons. The second-order valence-corrected chi connectivity index (χ2v) is 4.94. The molecule has 0 saturated carbocycles. The van der Waals surface area contributed by atoms with Crippen LogP contribution in [-0.4, -0.2) is 24.0 Å². The molecule has 0 N–H and O–H groups in total. The SMILES string of the molecule is COC(=O)c1ccc(COC(=O)c2c(C)cc(C)nc2Cl)o1. The van der Waals surface area contributed by atoms with Crippen LogP contribution in [0.1, 0.15) is 37.9 Å². The Morgan fingerprint density at radius 1 is 1.27 bits per heavy atom. The standard InChI is InChI=1S/C15H14ClNO5/c1-8-6-9(2)17-13(16)12(8)15(19)21-7-10-4-5-11(22-10)14(18)20-3/h4-6H,7H2,1-3H3. The monoisotopic (exact) mass is 323 g/mol. The number of aromatic nitrogens is 1. The van der Waals surface area contributed by atoms with Crippen molar-refractivity contribution in [2.24, 2.45) is 0 Å². The number of carbonyl (C=O) groups is 2. The van der Waals surface area contributed by atoms with Crippen LogP contribution in [0.25, 0.3) is 0 Å². The van der Waals surface area contributed by atoms with Gasteiger partial charge in [0.15, 0.2) is 0 Å². The van der Waals surface area contributed by atoms with Gasteiger partial charge in [-0.3, -0.25) is 0 Å². The van der Waals surface area contributed by atoms with Crippen molar-refractivity contribution < 1.29 is 23.5 Å². The second-order valence-electron chi connectivity index (χ2n) is 4.58. The molecule has 2 aromatic rings. The van der Waals surface area contributed by atoms with Gasteiger partial charge in [0.2, 0.25) is 5.76 Å². The molecule has 6 nitrogen and oxygen atoms in total. The number of ether oxygens (including phenoxy) is 2. The largest absolute Gasteiger partial charge is 0.463 e. The summed E-state index contributed by atoms with van der Waals surface area (Å²) >= 11 is 5.98. The Morgan fingerprint density at radius 3 is 2.64 bits per heavy atom. The van der Waals surface area contributed by atoms with Gasteiger partial charge in [-0.1, -0.05) is 11.6 Å². The van der Waals surface area contributed by atoms with Crippen LogP contribution in [0.4, 0.5) is 0 Å². The van der Waals surface area contributed by atoms with Crippen LogP contribution in [0.2, 0.25) is 5.15 Å². The van der Waals surface area contributed by atoms with Crippen molar-refractivity contribution in [3.63, 3.8) is 0 Å². The van der Waals surface area contributed by atoms with Crippen molar-refractivity contribution in [1.82, 2.24) is 4.98 Å². The summed E-state index contributed by atoms with van der Waals surface area (Å²) in [7, 11) is 1.25. The Morgan fingerprint density at radius 2 is 2.00 bits per heavy atom. The summed E-state index contributed by atoms with van der Waals surface area (Å²) in [6, 6.07) is 4.72. The lowest BCUT2D eigenvalue weighted by molar-refractivity contribution is 0.0437. The average Bonchev–Trinajstić information content (AvgIpc) is 2.92. The third-order valence-electron chi connectivity index (χ3n) is 2.90. The molecule has 0 aliphatic rings. The van der Waals surface area contributed by atoms with Crippen LogP contribution in [0.3, 0.4) is 0 Å². The first-order valence-corrected chi connectivity index (χ1v) is 6.78. The molecular weight excluding hydrogens is 310 g/mol. The minimum absolute atomic E-state index is 0.0414. The number of pyridine rings is 1. The van der Waals surface area contributed by atoms with Crippen LogP contribution in [-0.2, 0) is 16.1 Å². The van der Waals surface area contributed by atoms with Gasteiger partial charge in [-0.25, -0.2) is 14.6 Å². The summed E-state index contributed by atoms with van der Waals surface area (Å²) in [4.78, 5) is 27.4. The maximum Gasteiger partial charge on any atom is 0.373 e. The van der Waals surface area contributed by atoms with Gasteiger partial charge in [0, 0.05) is 5.69 Å². The van der Waals surface area contributed by atoms with E-state index >= 15 is 0 Å². The molecule has 0 aliphatic carbocycles. The van der Waals surface area contributed by atoms with E-state index in [1.165, 1.54) is 19.2 Å². The summed E-state index contributed by atoms with van der Waals surface area (Å²) < 4.78 is 14.9. The molecule has 0 atom stereocenters. The molecule has 116 valence electrons. The van der Waals surface area contributed by atoms with Crippen LogP contribution in [0.5, 0.6) is 0 Å². The van der Waals surface area contributed by atoms with E-state index in [-0.39, 0.29) is 23.1 Å². The van der Waals surface area contributed by atoms with Gasteiger partial charge in [-0.2, -0.15) is 0 Å². The molecule has 0 bridgehead atoms. The number of carbonyl (C=O) groups excluding carboxylic acids is 2. The maximum atomic E-state index is 12.1. The number of esters is 2. The lowest BCUT2D eigenvalue weighted by Crippen LogP contribution is -2.09. The van der Waals surface area contributed by atoms with Crippen molar-refractivity contribution >= 4 is 23.5 Å². The molecule has 2 heterocycles. The number of rotatable bonds is 4. The second kappa shape index (κ2) is 6.62. The van der Waals surface area contributed by atoms with Gasteiger partial charge in [0.05, 0.1) is 12.7 Å².